The maximum absolute atomic E-state index is 11.9. The zero-order valence-corrected chi connectivity index (χ0v) is 9.20. The molecule has 0 unspecified atom stereocenters. The largest absolute Gasteiger partial charge is 0.465 e. The predicted octanol–water partition coefficient (Wildman–Crippen LogP) is 1.47. The molecule has 0 radical (unpaired) electrons. The lowest BCUT2D eigenvalue weighted by Gasteiger charge is -2.13. The van der Waals surface area contributed by atoms with Crippen LogP contribution in [-0.2, 0) is 23.0 Å². The van der Waals surface area contributed by atoms with Crippen molar-refractivity contribution in [2.24, 2.45) is 18.9 Å². The molecule has 1 saturated heterocycles. The standard InChI is InChI=1S/C12H18N2O2/c1-4-11-9(7-16-12(11)15)5-10-6-13-8(2)14(10)3/h6,9,11H,4-5,7H2,1-3H3/t9-,11-/m0/s1/i1D3,5D2,6D,9D. The summed E-state index contributed by atoms with van der Waals surface area (Å²) in [4.78, 5) is 15.8. The van der Waals surface area contributed by atoms with Crippen LogP contribution in [0.1, 0.15) is 34.4 Å². The number of esters is 1. The van der Waals surface area contributed by atoms with Crippen molar-refractivity contribution in [3.05, 3.63) is 17.7 Å². The van der Waals surface area contributed by atoms with Crippen LogP contribution >= 0.6 is 0 Å². The number of imidazole rings is 1. The maximum atomic E-state index is 11.9. The molecule has 88 valence electrons. The van der Waals surface area contributed by atoms with Crippen molar-refractivity contribution < 1.29 is 19.1 Å². The van der Waals surface area contributed by atoms with Gasteiger partial charge in [0.25, 0.3) is 0 Å². The second-order valence-corrected chi connectivity index (χ2v) is 3.69. The SMILES string of the molecule is [2H]c1nc(C)n(C)c1C([2H])([2H])[C@@]1([2H])COC(=O)[C@H]1CC([2H])([2H])[2H]. The highest BCUT2D eigenvalue weighted by Crippen LogP contribution is 2.28. The molecule has 4 heteroatoms. The molecular formula is C12H18N2O2. The summed E-state index contributed by atoms with van der Waals surface area (Å²) in [6, 6.07) is 0. The molecule has 0 aromatic carbocycles. The van der Waals surface area contributed by atoms with Crippen LogP contribution in [0.4, 0.5) is 0 Å². The number of hydrogen-bond donors (Lipinski definition) is 0. The van der Waals surface area contributed by atoms with Crippen LogP contribution in [0.2, 0.25) is 0 Å². The van der Waals surface area contributed by atoms with Crippen molar-refractivity contribution in [1.29, 1.82) is 0 Å². The van der Waals surface area contributed by atoms with Gasteiger partial charge < -0.3 is 9.30 Å². The maximum Gasteiger partial charge on any atom is 0.309 e. The second-order valence-electron chi connectivity index (χ2n) is 3.69. The first-order valence-corrected chi connectivity index (χ1v) is 4.98. The normalized spacial score (nSPS) is 37.5. The van der Waals surface area contributed by atoms with E-state index in [0.29, 0.717) is 5.82 Å². The molecule has 2 heterocycles. The molecule has 0 bridgehead atoms. The number of aromatic nitrogens is 2. The van der Waals surface area contributed by atoms with E-state index < -0.39 is 44.0 Å². The first-order chi connectivity index (χ1) is 10.3. The Balaban J connectivity index is 2.53. The number of rotatable bonds is 3. The van der Waals surface area contributed by atoms with E-state index in [4.69, 9.17) is 14.3 Å². The lowest BCUT2D eigenvalue weighted by molar-refractivity contribution is -0.141. The smallest absolute Gasteiger partial charge is 0.309 e. The third-order valence-corrected chi connectivity index (χ3v) is 2.70. The summed E-state index contributed by atoms with van der Waals surface area (Å²) in [5.41, 5.74) is -0.168. The highest BCUT2D eigenvalue weighted by atomic mass is 16.5. The van der Waals surface area contributed by atoms with E-state index in [9.17, 15) is 4.79 Å². The molecule has 0 N–H and O–H groups in total. The average molecular weight is 229 g/mol. The van der Waals surface area contributed by atoms with E-state index in [1.54, 1.807) is 6.92 Å². The Kier molecular flexibility index (Phi) is 1.43. The highest BCUT2D eigenvalue weighted by molar-refractivity contribution is 5.74. The zero-order valence-electron chi connectivity index (χ0n) is 16.2. The lowest BCUT2D eigenvalue weighted by Crippen LogP contribution is -2.18. The second kappa shape index (κ2) is 4.28. The van der Waals surface area contributed by atoms with Gasteiger partial charge in [-0.25, -0.2) is 4.98 Å². The van der Waals surface area contributed by atoms with E-state index >= 15 is 0 Å². The van der Waals surface area contributed by atoms with Gasteiger partial charge in [0.2, 0.25) is 0 Å². The van der Waals surface area contributed by atoms with Crippen LogP contribution < -0.4 is 0 Å². The van der Waals surface area contributed by atoms with Crippen LogP contribution in [0.25, 0.3) is 0 Å². The Hall–Kier alpha value is -1.32. The number of cyclic esters (lactones) is 1. The van der Waals surface area contributed by atoms with Gasteiger partial charge in [0.1, 0.15) is 5.82 Å². The van der Waals surface area contributed by atoms with Gasteiger partial charge in [0.05, 0.1) is 13.9 Å². The van der Waals surface area contributed by atoms with Gasteiger partial charge in [-0.2, -0.15) is 0 Å². The molecule has 0 aliphatic carbocycles. The van der Waals surface area contributed by atoms with Crippen LogP contribution in [0.5, 0.6) is 0 Å². The third-order valence-electron chi connectivity index (χ3n) is 2.70. The summed E-state index contributed by atoms with van der Waals surface area (Å²) >= 11 is 0. The summed E-state index contributed by atoms with van der Waals surface area (Å²) in [6.07, 6.45) is -3.48. The summed E-state index contributed by atoms with van der Waals surface area (Å²) in [5.74, 6) is -4.10. The Labute approximate surface area is 105 Å². The summed E-state index contributed by atoms with van der Waals surface area (Å²) in [5, 5.41) is 0. The van der Waals surface area contributed by atoms with Gasteiger partial charge >= 0.3 is 5.97 Å². The molecule has 1 aromatic rings. The van der Waals surface area contributed by atoms with Crippen molar-refractivity contribution in [2.45, 2.75) is 26.6 Å². The molecule has 0 amide bonds. The molecule has 0 saturated carbocycles. The van der Waals surface area contributed by atoms with Gasteiger partial charge in [0.15, 0.2) is 0 Å². The van der Waals surface area contributed by atoms with Crippen molar-refractivity contribution in [1.82, 2.24) is 9.55 Å². The quantitative estimate of drug-likeness (QED) is 0.737. The monoisotopic (exact) mass is 229 g/mol. The minimum atomic E-state index is -2.50. The van der Waals surface area contributed by atoms with E-state index in [1.165, 1.54) is 11.6 Å². The average Bonchev–Trinajstić information content (AvgIpc) is 2.80. The molecule has 2 rings (SSSR count). The zero-order chi connectivity index (χ0) is 17.8. The molecule has 4 nitrogen and oxygen atoms in total. The number of carbonyl (C=O) groups is 1. The molecule has 16 heavy (non-hydrogen) atoms. The number of carbonyl (C=O) groups excluding carboxylic acids is 1. The van der Waals surface area contributed by atoms with Gasteiger partial charge in [-0.3, -0.25) is 4.79 Å². The van der Waals surface area contributed by atoms with E-state index in [2.05, 4.69) is 4.98 Å². The lowest BCUT2D eigenvalue weighted by atomic mass is 9.89. The van der Waals surface area contributed by atoms with Gasteiger partial charge in [-0.15, -0.1) is 0 Å². The fraction of sp³-hybridized carbons (Fsp3) is 0.667. The van der Waals surface area contributed by atoms with Crippen molar-refractivity contribution in [3.63, 3.8) is 0 Å². The van der Waals surface area contributed by atoms with Crippen molar-refractivity contribution >= 4 is 5.97 Å². The van der Waals surface area contributed by atoms with Crippen molar-refractivity contribution in [2.75, 3.05) is 6.61 Å². The summed E-state index contributed by atoms with van der Waals surface area (Å²) < 4.78 is 61.2. The highest BCUT2D eigenvalue weighted by Gasteiger charge is 2.35. The van der Waals surface area contributed by atoms with E-state index in [0.717, 1.165) is 0 Å². The number of nitrogens with zero attached hydrogens (tertiary/aromatic N) is 2. The van der Waals surface area contributed by atoms with Crippen LogP contribution in [-0.4, -0.2) is 22.1 Å². The molecule has 1 aliphatic heterocycles. The first kappa shape index (κ1) is 5.34. The molecule has 1 aromatic heterocycles. The minimum absolute atomic E-state index is 0.168. The molecule has 1 aliphatic rings. The first-order valence-electron chi connectivity index (χ1n) is 8.48. The third kappa shape index (κ3) is 1.84. The molecule has 0 spiro atoms. The Bertz CT molecular complexity index is 640. The fourth-order valence-corrected chi connectivity index (χ4v) is 1.53. The molecular weight excluding hydrogens is 204 g/mol. The van der Waals surface area contributed by atoms with Gasteiger partial charge in [-0.1, -0.05) is 6.85 Å². The molecule has 2 atom stereocenters. The Morgan fingerprint density at radius 3 is 3.38 bits per heavy atom. The van der Waals surface area contributed by atoms with Crippen LogP contribution in [0, 0.1) is 18.7 Å². The van der Waals surface area contributed by atoms with Crippen LogP contribution in [0.3, 0.4) is 0 Å². The molecule has 1 fully saturated rings. The Morgan fingerprint density at radius 1 is 1.94 bits per heavy atom. The summed E-state index contributed by atoms with van der Waals surface area (Å²) in [7, 11) is 1.51. The van der Waals surface area contributed by atoms with Gasteiger partial charge in [-0.05, 0) is 19.7 Å². The number of ether oxygens (including phenoxy) is 1. The van der Waals surface area contributed by atoms with Crippen molar-refractivity contribution in [3.8, 4) is 0 Å². The predicted molar refractivity (Wildman–Crippen MR) is 59.9 cm³/mol. The topological polar surface area (TPSA) is 44.1 Å². The Morgan fingerprint density at radius 2 is 2.75 bits per heavy atom. The van der Waals surface area contributed by atoms with Crippen LogP contribution in [0.15, 0.2) is 6.17 Å². The van der Waals surface area contributed by atoms with E-state index in [1.807, 2.05) is 0 Å². The van der Waals surface area contributed by atoms with Gasteiger partial charge in [0, 0.05) is 33.0 Å². The number of hydrogen-bond acceptors (Lipinski definition) is 3. The van der Waals surface area contributed by atoms with E-state index in [-0.39, 0.29) is 11.9 Å². The minimum Gasteiger partial charge on any atom is -0.465 e. The number of aryl methyl sites for hydroxylation is 1. The summed E-state index contributed by atoms with van der Waals surface area (Å²) in [6.45, 7) is -1.48. The fourth-order valence-electron chi connectivity index (χ4n) is 1.53.